The summed E-state index contributed by atoms with van der Waals surface area (Å²) in [6.45, 7) is 6.90. The zero-order valence-electron chi connectivity index (χ0n) is 15.7. The van der Waals surface area contributed by atoms with Gasteiger partial charge in [0.15, 0.2) is 0 Å². The molecule has 26 heavy (non-hydrogen) atoms. The van der Waals surface area contributed by atoms with Crippen molar-refractivity contribution in [3.05, 3.63) is 23.8 Å². The molecule has 0 bridgehead atoms. The van der Waals surface area contributed by atoms with Gasteiger partial charge in [-0.25, -0.2) is 13.1 Å². The van der Waals surface area contributed by atoms with E-state index in [2.05, 4.69) is 16.5 Å². The molecule has 1 fully saturated rings. The predicted octanol–water partition coefficient (Wildman–Crippen LogP) is 2.14. The summed E-state index contributed by atoms with van der Waals surface area (Å²) in [6, 6.07) is 5.64. The van der Waals surface area contributed by atoms with E-state index in [1.54, 1.807) is 23.1 Å². The first-order valence-corrected chi connectivity index (χ1v) is 11.0. The van der Waals surface area contributed by atoms with Crippen molar-refractivity contribution in [1.82, 2.24) is 9.62 Å². The predicted molar refractivity (Wildman–Crippen MR) is 103 cm³/mol. The number of sulfonamides is 1. The molecule has 1 N–H and O–H groups in total. The lowest BCUT2D eigenvalue weighted by atomic mass is 10.0. The molecule has 6 nitrogen and oxygen atoms in total. The van der Waals surface area contributed by atoms with Crippen LogP contribution in [0.5, 0.6) is 0 Å². The number of fused-ring (bicyclic) bond motifs is 1. The Morgan fingerprint density at radius 1 is 1.27 bits per heavy atom. The molecule has 2 aliphatic rings. The molecule has 144 valence electrons. The largest absolute Gasteiger partial charge is 0.312 e. The van der Waals surface area contributed by atoms with Gasteiger partial charge >= 0.3 is 0 Å². The Hall–Kier alpha value is -1.44. The molecular formula is C19H29N3O3S. The second-order valence-electron chi connectivity index (χ2n) is 7.34. The zero-order chi connectivity index (χ0) is 18.7. The van der Waals surface area contributed by atoms with E-state index in [0.717, 1.165) is 30.8 Å². The Balaban J connectivity index is 1.56. The van der Waals surface area contributed by atoms with Crippen LogP contribution in [0, 0.1) is 0 Å². The van der Waals surface area contributed by atoms with Gasteiger partial charge in [-0.1, -0.05) is 6.42 Å². The van der Waals surface area contributed by atoms with Crippen molar-refractivity contribution in [2.75, 3.05) is 31.1 Å². The molecule has 2 aliphatic heterocycles. The van der Waals surface area contributed by atoms with Crippen LogP contribution in [0.15, 0.2) is 23.1 Å². The number of amides is 1. The summed E-state index contributed by atoms with van der Waals surface area (Å²) in [7, 11) is -3.51. The molecule has 1 aromatic carbocycles. The highest BCUT2D eigenvalue weighted by molar-refractivity contribution is 7.89. The molecule has 1 unspecified atom stereocenters. The number of carbonyl (C=O) groups is 1. The number of hydrogen-bond acceptors (Lipinski definition) is 4. The highest BCUT2D eigenvalue weighted by Gasteiger charge is 2.24. The summed E-state index contributed by atoms with van der Waals surface area (Å²) < 4.78 is 27.8. The molecule has 1 amide bonds. The minimum atomic E-state index is -3.51. The second-order valence-corrected chi connectivity index (χ2v) is 9.11. The van der Waals surface area contributed by atoms with Gasteiger partial charge in [-0.3, -0.25) is 4.79 Å². The highest BCUT2D eigenvalue weighted by atomic mass is 32.2. The van der Waals surface area contributed by atoms with Crippen LogP contribution in [-0.2, 0) is 21.2 Å². The van der Waals surface area contributed by atoms with Crippen molar-refractivity contribution in [2.45, 2.75) is 56.9 Å². The molecule has 0 radical (unpaired) electrons. The number of nitrogens with one attached hydrogen (secondary N) is 1. The standard InChI is InChI=1S/C19H29N3O3S/c1-15-6-3-4-11-21(15)12-5-10-20-26(24,25)18-7-8-19-17(14-18)9-13-22(19)16(2)23/h7-8,14-15,20H,3-6,9-13H2,1-2H3. The number of hydrogen-bond donors (Lipinski definition) is 1. The molecular weight excluding hydrogens is 350 g/mol. The van der Waals surface area contributed by atoms with E-state index in [0.29, 0.717) is 25.6 Å². The zero-order valence-corrected chi connectivity index (χ0v) is 16.5. The monoisotopic (exact) mass is 379 g/mol. The third-order valence-electron chi connectivity index (χ3n) is 5.49. The minimum Gasteiger partial charge on any atom is -0.312 e. The number of nitrogens with zero attached hydrogens (tertiary/aromatic N) is 2. The van der Waals surface area contributed by atoms with Crippen molar-refractivity contribution in [3.63, 3.8) is 0 Å². The number of carbonyl (C=O) groups excluding carboxylic acids is 1. The fourth-order valence-electron chi connectivity index (χ4n) is 3.93. The van der Waals surface area contributed by atoms with Crippen molar-refractivity contribution in [3.8, 4) is 0 Å². The molecule has 3 rings (SSSR count). The van der Waals surface area contributed by atoms with E-state index in [9.17, 15) is 13.2 Å². The van der Waals surface area contributed by atoms with Gasteiger partial charge in [-0.15, -0.1) is 0 Å². The van der Waals surface area contributed by atoms with Gasteiger partial charge in [-0.05, 0) is 69.5 Å². The summed E-state index contributed by atoms with van der Waals surface area (Å²) in [5.74, 6) is -0.00979. The maximum absolute atomic E-state index is 12.6. The molecule has 1 atom stereocenters. The fourth-order valence-corrected chi connectivity index (χ4v) is 5.06. The molecule has 0 spiro atoms. The van der Waals surface area contributed by atoms with E-state index in [4.69, 9.17) is 0 Å². The van der Waals surface area contributed by atoms with E-state index in [-0.39, 0.29) is 10.8 Å². The first kappa shape index (κ1) is 19.3. The van der Waals surface area contributed by atoms with Gasteiger partial charge in [0.05, 0.1) is 4.90 Å². The molecule has 0 saturated carbocycles. The summed E-state index contributed by atoms with van der Waals surface area (Å²) in [5.41, 5.74) is 1.75. The number of benzene rings is 1. The van der Waals surface area contributed by atoms with Crippen molar-refractivity contribution in [1.29, 1.82) is 0 Å². The van der Waals surface area contributed by atoms with Crippen molar-refractivity contribution in [2.24, 2.45) is 0 Å². The van der Waals surface area contributed by atoms with Gasteiger partial charge in [0, 0.05) is 31.7 Å². The maximum Gasteiger partial charge on any atom is 0.240 e. The first-order valence-electron chi connectivity index (χ1n) is 9.53. The normalized spacial score (nSPS) is 21.0. The summed E-state index contributed by atoms with van der Waals surface area (Å²) >= 11 is 0. The lowest BCUT2D eigenvalue weighted by Gasteiger charge is -2.33. The van der Waals surface area contributed by atoms with Crippen LogP contribution in [-0.4, -0.2) is 51.4 Å². The molecule has 7 heteroatoms. The number of rotatable bonds is 6. The minimum absolute atomic E-state index is 0.00979. The van der Waals surface area contributed by atoms with Crippen molar-refractivity contribution < 1.29 is 13.2 Å². The number of likely N-dealkylation sites (tertiary alicyclic amines) is 1. The molecule has 1 aromatic rings. The molecule has 1 saturated heterocycles. The first-order chi connectivity index (χ1) is 12.4. The highest BCUT2D eigenvalue weighted by Crippen LogP contribution is 2.30. The number of piperidine rings is 1. The van der Waals surface area contributed by atoms with Gasteiger partial charge in [-0.2, -0.15) is 0 Å². The van der Waals surface area contributed by atoms with E-state index in [1.807, 2.05) is 0 Å². The van der Waals surface area contributed by atoms with Gasteiger partial charge in [0.1, 0.15) is 0 Å². The Morgan fingerprint density at radius 3 is 2.81 bits per heavy atom. The van der Waals surface area contributed by atoms with Gasteiger partial charge < -0.3 is 9.80 Å². The van der Waals surface area contributed by atoms with Crippen LogP contribution >= 0.6 is 0 Å². The fraction of sp³-hybridized carbons (Fsp3) is 0.632. The summed E-state index contributed by atoms with van der Waals surface area (Å²) in [4.78, 5) is 16.0. The van der Waals surface area contributed by atoms with Crippen LogP contribution in [0.25, 0.3) is 0 Å². The lowest BCUT2D eigenvalue weighted by Crippen LogP contribution is -2.39. The average molecular weight is 380 g/mol. The van der Waals surface area contributed by atoms with E-state index < -0.39 is 10.0 Å². The Morgan fingerprint density at radius 2 is 2.08 bits per heavy atom. The quantitative estimate of drug-likeness (QED) is 0.769. The third kappa shape index (κ3) is 4.27. The van der Waals surface area contributed by atoms with Crippen LogP contribution in [0.1, 0.15) is 45.1 Å². The Kier molecular flexibility index (Phi) is 5.99. The van der Waals surface area contributed by atoms with Crippen molar-refractivity contribution >= 4 is 21.6 Å². The van der Waals surface area contributed by atoms with Crippen LogP contribution < -0.4 is 9.62 Å². The van der Waals surface area contributed by atoms with Crippen LogP contribution in [0.3, 0.4) is 0 Å². The third-order valence-corrected chi connectivity index (χ3v) is 6.95. The SMILES string of the molecule is CC(=O)N1CCc2cc(S(=O)(=O)NCCCN3CCCCC3C)ccc21. The topological polar surface area (TPSA) is 69.7 Å². The molecule has 0 aliphatic carbocycles. The van der Waals surface area contributed by atoms with E-state index in [1.165, 1.54) is 26.2 Å². The van der Waals surface area contributed by atoms with Crippen LogP contribution in [0.4, 0.5) is 5.69 Å². The van der Waals surface area contributed by atoms with Gasteiger partial charge in [0.2, 0.25) is 15.9 Å². The molecule has 0 aromatic heterocycles. The summed E-state index contributed by atoms with van der Waals surface area (Å²) in [5, 5.41) is 0. The summed E-state index contributed by atoms with van der Waals surface area (Å²) in [6.07, 6.45) is 5.28. The van der Waals surface area contributed by atoms with Gasteiger partial charge in [0.25, 0.3) is 0 Å². The maximum atomic E-state index is 12.6. The second kappa shape index (κ2) is 8.06. The Labute approximate surface area is 156 Å². The lowest BCUT2D eigenvalue weighted by molar-refractivity contribution is -0.116. The van der Waals surface area contributed by atoms with Crippen LogP contribution in [0.2, 0.25) is 0 Å². The molecule has 2 heterocycles. The van der Waals surface area contributed by atoms with E-state index >= 15 is 0 Å². The number of anilines is 1. The smallest absolute Gasteiger partial charge is 0.240 e. The Bertz CT molecular complexity index is 763. The average Bonchev–Trinajstić information content (AvgIpc) is 3.03.